The van der Waals surface area contributed by atoms with Crippen LogP contribution in [0.4, 0.5) is 10.1 Å². The van der Waals surface area contributed by atoms with Crippen LogP contribution in [-0.4, -0.2) is 5.96 Å². The Kier molecular flexibility index (Phi) is 4.09. The van der Waals surface area contributed by atoms with Crippen LogP contribution in [0.25, 0.3) is 0 Å². The summed E-state index contributed by atoms with van der Waals surface area (Å²) < 4.78 is 13.2. The number of fused-ring (bicyclic) bond motifs is 1. The van der Waals surface area contributed by atoms with Gasteiger partial charge in [-0.15, -0.1) is 0 Å². The second kappa shape index (κ2) is 6.18. The van der Waals surface area contributed by atoms with Gasteiger partial charge in [-0.1, -0.05) is 18.2 Å². The van der Waals surface area contributed by atoms with Crippen molar-refractivity contribution >= 4 is 11.6 Å². The number of guanidine groups is 1. The van der Waals surface area contributed by atoms with Crippen LogP contribution in [-0.2, 0) is 19.4 Å². The Morgan fingerprint density at radius 3 is 2.82 bits per heavy atom. The standard InChI is InChI=1S/C18H20FN3/c1-12-9-13(5-8-17(12)19)11-21-18(20)22-16-7-6-14-3-2-4-15(14)10-16/h5-10H,2-4,11H2,1H3,(H3,20,21,22). The van der Waals surface area contributed by atoms with E-state index in [0.717, 1.165) is 17.7 Å². The van der Waals surface area contributed by atoms with E-state index in [2.05, 4.69) is 22.4 Å². The van der Waals surface area contributed by atoms with Gasteiger partial charge in [0.25, 0.3) is 0 Å². The first kappa shape index (κ1) is 14.6. The molecule has 0 atom stereocenters. The van der Waals surface area contributed by atoms with Gasteiger partial charge in [-0.05, 0) is 66.6 Å². The van der Waals surface area contributed by atoms with Crippen molar-refractivity contribution in [3.8, 4) is 0 Å². The Hall–Kier alpha value is -2.36. The molecule has 0 unspecified atom stereocenters. The first-order valence-electron chi connectivity index (χ1n) is 7.55. The fourth-order valence-electron chi connectivity index (χ4n) is 2.82. The maximum atomic E-state index is 13.2. The van der Waals surface area contributed by atoms with Crippen LogP contribution in [0.5, 0.6) is 0 Å². The van der Waals surface area contributed by atoms with Gasteiger partial charge in [-0.25, -0.2) is 9.38 Å². The van der Waals surface area contributed by atoms with Crippen LogP contribution >= 0.6 is 0 Å². The normalized spacial score (nSPS) is 14.0. The number of nitrogens with one attached hydrogen (secondary N) is 1. The number of nitrogens with two attached hydrogens (primary N) is 1. The summed E-state index contributed by atoms with van der Waals surface area (Å²) in [6, 6.07) is 11.3. The lowest BCUT2D eigenvalue weighted by Gasteiger charge is -2.08. The van der Waals surface area contributed by atoms with Gasteiger partial charge in [-0.3, -0.25) is 0 Å². The van der Waals surface area contributed by atoms with Crippen molar-refractivity contribution in [1.82, 2.24) is 0 Å². The van der Waals surface area contributed by atoms with Gasteiger partial charge >= 0.3 is 0 Å². The maximum absolute atomic E-state index is 13.2. The van der Waals surface area contributed by atoms with Crippen LogP contribution in [0.2, 0.25) is 0 Å². The van der Waals surface area contributed by atoms with Crippen molar-refractivity contribution < 1.29 is 4.39 Å². The number of nitrogens with zero attached hydrogens (tertiary/aromatic N) is 1. The molecule has 0 spiro atoms. The molecule has 2 aromatic rings. The quantitative estimate of drug-likeness (QED) is 0.672. The largest absolute Gasteiger partial charge is 0.370 e. The fourth-order valence-corrected chi connectivity index (χ4v) is 2.82. The lowest BCUT2D eigenvalue weighted by molar-refractivity contribution is 0.617. The number of rotatable bonds is 3. The van der Waals surface area contributed by atoms with Gasteiger partial charge in [-0.2, -0.15) is 0 Å². The molecule has 4 heteroatoms. The first-order chi connectivity index (χ1) is 10.6. The van der Waals surface area contributed by atoms with Crippen molar-refractivity contribution in [3.63, 3.8) is 0 Å². The molecule has 3 N–H and O–H groups in total. The van der Waals surface area contributed by atoms with Crippen molar-refractivity contribution in [2.75, 3.05) is 5.32 Å². The average Bonchev–Trinajstić information content (AvgIpc) is 2.96. The van der Waals surface area contributed by atoms with Crippen LogP contribution in [0.1, 0.15) is 28.7 Å². The predicted molar refractivity (Wildman–Crippen MR) is 88.6 cm³/mol. The van der Waals surface area contributed by atoms with Gasteiger partial charge in [0, 0.05) is 5.69 Å². The Labute approximate surface area is 130 Å². The lowest BCUT2D eigenvalue weighted by atomic mass is 10.1. The Morgan fingerprint density at radius 2 is 2.00 bits per heavy atom. The third-order valence-electron chi connectivity index (χ3n) is 4.03. The number of hydrogen-bond acceptors (Lipinski definition) is 1. The minimum atomic E-state index is -0.197. The van der Waals surface area contributed by atoms with E-state index in [1.165, 1.54) is 30.0 Å². The van der Waals surface area contributed by atoms with Crippen LogP contribution in [0, 0.1) is 12.7 Å². The smallest absolute Gasteiger partial charge is 0.193 e. The highest BCUT2D eigenvalue weighted by Crippen LogP contribution is 2.24. The van der Waals surface area contributed by atoms with Crippen molar-refractivity contribution in [1.29, 1.82) is 0 Å². The minimum Gasteiger partial charge on any atom is -0.370 e. The Morgan fingerprint density at radius 1 is 1.18 bits per heavy atom. The van der Waals surface area contributed by atoms with Gasteiger partial charge in [0.1, 0.15) is 5.82 Å². The summed E-state index contributed by atoms with van der Waals surface area (Å²) in [4.78, 5) is 4.31. The molecule has 3 rings (SSSR count). The van der Waals surface area contributed by atoms with E-state index in [4.69, 9.17) is 5.73 Å². The molecule has 22 heavy (non-hydrogen) atoms. The molecular weight excluding hydrogens is 277 g/mol. The third-order valence-corrected chi connectivity index (χ3v) is 4.03. The Bertz CT molecular complexity index is 722. The SMILES string of the molecule is Cc1cc(CN=C(N)Nc2ccc3c(c2)CCC3)ccc1F. The highest BCUT2D eigenvalue weighted by molar-refractivity contribution is 5.92. The summed E-state index contributed by atoms with van der Waals surface area (Å²) in [5.41, 5.74) is 11.3. The molecule has 1 aliphatic carbocycles. The molecule has 2 aromatic carbocycles. The zero-order valence-corrected chi connectivity index (χ0v) is 12.7. The summed E-state index contributed by atoms with van der Waals surface area (Å²) in [7, 11) is 0. The fraction of sp³-hybridized carbons (Fsp3) is 0.278. The molecule has 0 fully saturated rings. The van der Waals surface area contributed by atoms with Gasteiger partial charge < -0.3 is 11.1 Å². The topological polar surface area (TPSA) is 50.4 Å². The average molecular weight is 297 g/mol. The van der Waals surface area contributed by atoms with Crippen LogP contribution in [0.15, 0.2) is 41.4 Å². The van der Waals surface area contributed by atoms with Crippen LogP contribution < -0.4 is 11.1 Å². The summed E-state index contributed by atoms with van der Waals surface area (Å²) in [5, 5.41) is 3.12. The van der Waals surface area contributed by atoms with Crippen LogP contribution in [0.3, 0.4) is 0 Å². The summed E-state index contributed by atoms with van der Waals surface area (Å²) in [5.74, 6) is 0.178. The number of halogens is 1. The van der Waals surface area contributed by atoms with E-state index >= 15 is 0 Å². The summed E-state index contributed by atoms with van der Waals surface area (Å²) in [6.45, 7) is 2.18. The van der Waals surface area contributed by atoms with Crippen molar-refractivity contribution in [3.05, 3.63) is 64.5 Å². The van der Waals surface area contributed by atoms with Gasteiger partial charge in [0.05, 0.1) is 6.54 Å². The number of aryl methyl sites for hydroxylation is 3. The monoisotopic (exact) mass is 297 g/mol. The second-order valence-corrected chi connectivity index (χ2v) is 5.75. The van der Waals surface area contributed by atoms with E-state index in [1.54, 1.807) is 19.1 Å². The number of hydrogen-bond donors (Lipinski definition) is 2. The predicted octanol–water partition coefficient (Wildman–Crippen LogP) is 3.55. The zero-order valence-electron chi connectivity index (χ0n) is 12.7. The maximum Gasteiger partial charge on any atom is 0.193 e. The van der Waals surface area contributed by atoms with E-state index in [-0.39, 0.29) is 5.82 Å². The second-order valence-electron chi connectivity index (χ2n) is 5.75. The van der Waals surface area contributed by atoms with Crippen molar-refractivity contribution in [2.24, 2.45) is 10.7 Å². The molecule has 114 valence electrons. The van der Waals surface area contributed by atoms with E-state index in [9.17, 15) is 4.39 Å². The molecule has 1 aliphatic rings. The van der Waals surface area contributed by atoms with E-state index < -0.39 is 0 Å². The zero-order chi connectivity index (χ0) is 15.5. The molecule has 0 aliphatic heterocycles. The molecular formula is C18H20FN3. The number of benzene rings is 2. The highest BCUT2D eigenvalue weighted by Gasteiger charge is 2.10. The number of anilines is 1. The molecule has 3 nitrogen and oxygen atoms in total. The molecule has 0 amide bonds. The molecule has 0 bridgehead atoms. The highest BCUT2D eigenvalue weighted by atomic mass is 19.1. The first-order valence-corrected chi connectivity index (χ1v) is 7.55. The third kappa shape index (κ3) is 3.27. The number of aliphatic imine (C=N–C) groups is 1. The minimum absolute atomic E-state index is 0.197. The summed E-state index contributed by atoms with van der Waals surface area (Å²) in [6.07, 6.45) is 3.53. The molecule has 0 aromatic heterocycles. The lowest BCUT2D eigenvalue weighted by Crippen LogP contribution is -2.22. The van der Waals surface area contributed by atoms with Crippen molar-refractivity contribution in [2.45, 2.75) is 32.7 Å². The van der Waals surface area contributed by atoms with Gasteiger partial charge in [0.2, 0.25) is 0 Å². The molecule has 0 saturated carbocycles. The molecule has 0 saturated heterocycles. The molecule has 0 heterocycles. The Balaban J connectivity index is 1.66. The summed E-state index contributed by atoms with van der Waals surface area (Å²) >= 11 is 0. The van der Waals surface area contributed by atoms with E-state index in [0.29, 0.717) is 18.1 Å². The van der Waals surface area contributed by atoms with Gasteiger partial charge in [0.15, 0.2) is 5.96 Å². The molecule has 0 radical (unpaired) electrons. The van der Waals surface area contributed by atoms with E-state index in [1.807, 2.05) is 6.07 Å².